The van der Waals surface area contributed by atoms with Crippen LogP contribution in [0.5, 0.6) is 11.5 Å². The van der Waals surface area contributed by atoms with Gasteiger partial charge in [0.15, 0.2) is 11.5 Å². The molecule has 1 heterocycles. The SMILES string of the molecule is CC(CO)CSCc1ccc2c(c1)OCO2. The fourth-order valence-electron chi connectivity index (χ4n) is 1.46. The van der Waals surface area contributed by atoms with Gasteiger partial charge in [-0.2, -0.15) is 11.8 Å². The summed E-state index contributed by atoms with van der Waals surface area (Å²) in [6, 6.07) is 6.04. The molecule has 3 nitrogen and oxygen atoms in total. The molecule has 0 radical (unpaired) electrons. The lowest BCUT2D eigenvalue weighted by molar-refractivity contribution is 0.174. The monoisotopic (exact) mass is 240 g/mol. The van der Waals surface area contributed by atoms with Gasteiger partial charge in [0.2, 0.25) is 6.79 Å². The van der Waals surface area contributed by atoms with Crippen LogP contribution in [0.3, 0.4) is 0 Å². The molecule has 1 aliphatic rings. The van der Waals surface area contributed by atoms with Crippen molar-refractivity contribution in [1.82, 2.24) is 0 Å². The Morgan fingerprint density at radius 1 is 1.38 bits per heavy atom. The number of aliphatic hydroxyl groups excluding tert-OH is 1. The number of aliphatic hydroxyl groups is 1. The van der Waals surface area contributed by atoms with Crippen LogP contribution < -0.4 is 9.47 Å². The van der Waals surface area contributed by atoms with Gasteiger partial charge in [-0.3, -0.25) is 0 Å². The van der Waals surface area contributed by atoms with Crippen LogP contribution in [-0.4, -0.2) is 24.3 Å². The minimum Gasteiger partial charge on any atom is -0.454 e. The molecule has 0 saturated heterocycles. The predicted octanol–water partition coefficient (Wildman–Crippen LogP) is 2.28. The second-order valence-corrected chi connectivity index (χ2v) is 5.02. The minimum absolute atomic E-state index is 0.258. The second-order valence-electron chi connectivity index (χ2n) is 3.99. The van der Waals surface area contributed by atoms with E-state index < -0.39 is 0 Å². The quantitative estimate of drug-likeness (QED) is 0.857. The van der Waals surface area contributed by atoms with Crippen molar-refractivity contribution in [3.8, 4) is 11.5 Å². The molecule has 0 amide bonds. The zero-order valence-electron chi connectivity index (χ0n) is 9.31. The van der Waals surface area contributed by atoms with Crippen LogP contribution in [0.15, 0.2) is 18.2 Å². The molecule has 1 aliphatic heterocycles. The Labute approximate surface area is 99.8 Å². The first-order valence-electron chi connectivity index (χ1n) is 5.36. The summed E-state index contributed by atoms with van der Waals surface area (Å²) in [4.78, 5) is 0. The number of benzene rings is 1. The van der Waals surface area contributed by atoms with Crippen LogP contribution in [0.25, 0.3) is 0 Å². The fraction of sp³-hybridized carbons (Fsp3) is 0.500. The number of hydrogen-bond acceptors (Lipinski definition) is 4. The summed E-state index contributed by atoms with van der Waals surface area (Å²) in [6.07, 6.45) is 0. The number of hydrogen-bond donors (Lipinski definition) is 1. The average molecular weight is 240 g/mol. The van der Waals surface area contributed by atoms with Crippen LogP contribution in [0.2, 0.25) is 0 Å². The molecule has 1 aromatic rings. The van der Waals surface area contributed by atoms with E-state index in [1.807, 2.05) is 30.8 Å². The molecule has 16 heavy (non-hydrogen) atoms. The zero-order chi connectivity index (χ0) is 11.4. The molecule has 0 bridgehead atoms. The van der Waals surface area contributed by atoms with E-state index in [9.17, 15) is 0 Å². The van der Waals surface area contributed by atoms with E-state index in [0.29, 0.717) is 12.7 Å². The first kappa shape index (κ1) is 11.6. The summed E-state index contributed by atoms with van der Waals surface area (Å²) in [5.74, 6) is 3.95. The predicted molar refractivity (Wildman–Crippen MR) is 65.0 cm³/mol. The van der Waals surface area contributed by atoms with Crippen molar-refractivity contribution in [2.45, 2.75) is 12.7 Å². The van der Waals surface area contributed by atoms with Gasteiger partial charge in [-0.05, 0) is 29.4 Å². The average Bonchev–Trinajstić information content (AvgIpc) is 2.76. The van der Waals surface area contributed by atoms with Crippen LogP contribution in [-0.2, 0) is 5.75 Å². The Balaban J connectivity index is 1.86. The lowest BCUT2D eigenvalue weighted by Crippen LogP contribution is -2.03. The molecule has 1 unspecified atom stereocenters. The van der Waals surface area contributed by atoms with E-state index in [2.05, 4.69) is 6.07 Å². The van der Waals surface area contributed by atoms with Gasteiger partial charge in [-0.25, -0.2) is 0 Å². The Morgan fingerprint density at radius 3 is 3.00 bits per heavy atom. The zero-order valence-corrected chi connectivity index (χ0v) is 10.1. The first-order valence-corrected chi connectivity index (χ1v) is 6.52. The van der Waals surface area contributed by atoms with Crippen LogP contribution >= 0.6 is 11.8 Å². The lowest BCUT2D eigenvalue weighted by atomic mass is 10.2. The summed E-state index contributed by atoms with van der Waals surface area (Å²) < 4.78 is 10.6. The number of thioether (sulfide) groups is 1. The van der Waals surface area contributed by atoms with Gasteiger partial charge in [0.05, 0.1) is 0 Å². The van der Waals surface area contributed by atoms with E-state index in [0.717, 1.165) is 23.0 Å². The van der Waals surface area contributed by atoms with E-state index >= 15 is 0 Å². The highest BCUT2D eigenvalue weighted by Crippen LogP contribution is 2.33. The van der Waals surface area contributed by atoms with Crippen molar-refractivity contribution in [3.63, 3.8) is 0 Å². The van der Waals surface area contributed by atoms with Gasteiger partial charge in [0, 0.05) is 12.4 Å². The van der Waals surface area contributed by atoms with Crippen LogP contribution in [0, 0.1) is 5.92 Å². The van der Waals surface area contributed by atoms with Gasteiger partial charge in [-0.15, -0.1) is 0 Å². The van der Waals surface area contributed by atoms with Crippen molar-refractivity contribution in [1.29, 1.82) is 0 Å². The summed E-state index contributed by atoms with van der Waals surface area (Å²) in [5, 5.41) is 8.91. The molecule has 0 saturated carbocycles. The van der Waals surface area contributed by atoms with Gasteiger partial charge >= 0.3 is 0 Å². The molecule has 1 N–H and O–H groups in total. The van der Waals surface area contributed by atoms with E-state index in [1.54, 1.807) is 0 Å². The molecule has 88 valence electrons. The maximum absolute atomic E-state index is 8.91. The molecule has 0 spiro atoms. The molecular formula is C12H16O3S. The van der Waals surface area contributed by atoms with E-state index in [4.69, 9.17) is 14.6 Å². The van der Waals surface area contributed by atoms with Crippen LogP contribution in [0.1, 0.15) is 12.5 Å². The summed E-state index contributed by atoms with van der Waals surface area (Å²) in [7, 11) is 0. The Bertz CT molecular complexity index is 354. The van der Waals surface area contributed by atoms with Crippen molar-refractivity contribution in [2.75, 3.05) is 19.2 Å². The molecule has 4 heteroatoms. The summed E-state index contributed by atoms with van der Waals surface area (Å²) in [5.41, 5.74) is 1.24. The third-order valence-electron chi connectivity index (χ3n) is 2.42. The van der Waals surface area contributed by atoms with Gasteiger partial charge < -0.3 is 14.6 Å². The molecule has 0 aliphatic carbocycles. The topological polar surface area (TPSA) is 38.7 Å². The van der Waals surface area contributed by atoms with E-state index in [1.165, 1.54) is 5.56 Å². The highest BCUT2D eigenvalue weighted by atomic mass is 32.2. The standard InChI is InChI=1S/C12H16O3S/c1-9(5-13)6-16-7-10-2-3-11-12(4-10)15-8-14-11/h2-4,9,13H,5-8H2,1H3. The minimum atomic E-state index is 0.258. The Kier molecular flexibility index (Phi) is 3.96. The third kappa shape index (κ3) is 2.83. The summed E-state index contributed by atoms with van der Waals surface area (Å²) in [6.45, 7) is 2.63. The molecule has 0 aromatic heterocycles. The van der Waals surface area contributed by atoms with Crippen molar-refractivity contribution < 1.29 is 14.6 Å². The third-order valence-corrected chi connectivity index (χ3v) is 3.76. The molecule has 1 atom stereocenters. The van der Waals surface area contributed by atoms with Crippen molar-refractivity contribution in [2.24, 2.45) is 5.92 Å². The Hall–Kier alpha value is -0.870. The number of fused-ring (bicyclic) bond motifs is 1. The molecule has 1 aromatic carbocycles. The van der Waals surface area contributed by atoms with E-state index in [-0.39, 0.29) is 6.61 Å². The fourth-order valence-corrected chi connectivity index (χ4v) is 2.50. The maximum atomic E-state index is 8.91. The number of ether oxygens (including phenoxy) is 2. The van der Waals surface area contributed by atoms with Crippen molar-refractivity contribution >= 4 is 11.8 Å². The van der Waals surface area contributed by atoms with Crippen LogP contribution in [0.4, 0.5) is 0 Å². The molecule has 2 rings (SSSR count). The smallest absolute Gasteiger partial charge is 0.231 e. The van der Waals surface area contributed by atoms with Crippen molar-refractivity contribution in [3.05, 3.63) is 23.8 Å². The largest absolute Gasteiger partial charge is 0.454 e. The first-order chi connectivity index (χ1) is 7.79. The normalized spacial score (nSPS) is 15.1. The maximum Gasteiger partial charge on any atom is 0.231 e. The van der Waals surface area contributed by atoms with Gasteiger partial charge in [0.25, 0.3) is 0 Å². The van der Waals surface area contributed by atoms with Gasteiger partial charge in [0.1, 0.15) is 0 Å². The number of rotatable bonds is 5. The second kappa shape index (κ2) is 5.46. The Morgan fingerprint density at radius 2 is 2.19 bits per heavy atom. The van der Waals surface area contributed by atoms with Gasteiger partial charge in [-0.1, -0.05) is 13.0 Å². The highest BCUT2D eigenvalue weighted by molar-refractivity contribution is 7.98. The molecule has 0 fully saturated rings. The summed E-state index contributed by atoms with van der Waals surface area (Å²) >= 11 is 1.83. The molecular weight excluding hydrogens is 224 g/mol. The lowest BCUT2D eigenvalue weighted by Gasteiger charge is -2.07. The highest BCUT2D eigenvalue weighted by Gasteiger charge is 2.13.